The Morgan fingerprint density at radius 3 is 2.71 bits per heavy atom. The molecule has 1 aliphatic heterocycles. The van der Waals surface area contributed by atoms with Gasteiger partial charge in [0.1, 0.15) is 11.6 Å². The zero-order valence-corrected chi connectivity index (χ0v) is 14.7. The van der Waals surface area contributed by atoms with E-state index in [1.165, 1.54) is 13.2 Å². The molecule has 0 saturated heterocycles. The van der Waals surface area contributed by atoms with Crippen molar-refractivity contribution in [3.05, 3.63) is 46.7 Å². The van der Waals surface area contributed by atoms with Gasteiger partial charge in [-0.3, -0.25) is 0 Å². The van der Waals surface area contributed by atoms with Crippen LogP contribution in [0.5, 0.6) is 0 Å². The van der Waals surface area contributed by atoms with Crippen molar-refractivity contribution in [2.75, 3.05) is 13.7 Å². The summed E-state index contributed by atoms with van der Waals surface area (Å²) in [5.74, 6) is -2.00. The molecule has 0 radical (unpaired) electrons. The first-order chi connectivity index (χ1) is 11.4. The lowest BCUT2D eigenvalue weighted by molar-refractivity contribution is -0.136. The molecule has 0 bridgehead atoms. The number of allylic oxidation sites excluding steroid dienone is 1. The summed E-state index contributed by atoms with van der Waals surface area (Å²) in [5.41, 5.74) is 1.04. The number of hydrogen-bond acceptors (Lipinski definition) is 3. The predicted octanol–water partition coefficient (Wildman–Crippen LogP) is 3.44. The summed E-state index contributed by atoms with van der Waals surface area (Å²) in [5, 5.41) is 3.39. The SMILES string of the molecule is CCCCN1C(=S)NC(c2ccc(F)cc2F)C(C(=O)OC)=C1C. The highest BCUT2D eigenvalue weighted by Gasteiger charge is 2.35. The lowest BCUT2D eigenvalue weighted by Crippen LogP contribution is -2.48. The van der Waals surface area contributed by atoms with Crippen LogP contribution >= 0.6 is 12.2 Å². The van der Waals surface area contributed by atoms with Crippen LogP contribution in [0.1, 0.15) is 38.3 Å². The number of methoxy groups -OCH3 is 1. The van der Waals surface area contributed by atoms with Crippen molar-refractivity contribution in [3.63, 3.8) is 0 Å². The van der Waals surface area contributed by atoms with Gasteiger partial charge in [0.25, 0.3) is 0 Å². The van der Waals surface area contributed by atoms with Crippen LogP contribution in [0.25, 0.3) is 0 Å². The smallest absolute Gasteiger partial charge is 0.337 e. The Bertz CT molecular complexity index is 691. The van der Waals surface area contributed by atoms with Crippen LogP contribution in [0.4, 0.5) is 8.78 Å². The summed E-state index contributed by atoms with van der Waals surface area (Å²) in [6.45, 7) is 4.45. The van der Waals surface area contributed by atoms with Crippen LogP contribution in [-0.2, 0) is 9.53 Å². The Hall–Kier alpha value is -2.02. The molecule has 1 aliphatic rings. The quantitative estimate of drug-likeness (QED) is 0.648. The second-order valence-electron chi connectivity index (χ2n) is 5.54. The topological polar surface area (TPSA) is 41.6 Å². The average molecular weight is 354 g/mol. The summed E-state index contributed by atoms with van der Waals surface area (Å²) in [7, 11) is 1.27. The van der Waals surface area contributed by atoms with Gasteiger partial charge in [-0.15, -0.1) is 0 Å². The first-order valence-electron chi connectivity index (χ1n) is 7.72. The molecule has 130 valence electrons. The van der Waals surface area contributed by atoms with Gasteiger partial charge in [-0.1, -0.05) is 19.4 Å². The minimum Gasteiger partial charge on any atom is -0.466 e. The number of carbonyl (C=O) groups excluding carboxylic acids is 1. The van der Waals surface area contributed by atoms with Crippen molar-refractivity contribution in [1.82, 2.24) is 10.2 Å². The first-order valence-corrected chi connectivity index (χ1v) is 8.13. The fourth-order valence-electron chi connectivity index (χ4n) is 2.71. The van der Waals surface area contributed by atoms with E-state index in [9.17, 15) is 13.6 Å². The molecular weight excluding hydrogens is 334 g/mol. The van der Waals surface area contributed by atoms with Crippen LogP contribution in [0, 0.1) is 11.6 Å². The molecule has 0 aliphatic carbocycles. The summed E-state index contributed by atoms with van der Waals surface area (Å²) < 4.78 is 32.3. The number of esters is 1. The lowest BCUT2D eigenvalue weighted by Gasteiger charge is -2.37. The van der Waals surface area contributed by atoms with Crippen molar-refractivity contribution in [3.8, 4) is 0 Å². The molecule has 0 fully saturated rings. The van der Waals surface area contributed by atoms with Crippen LogP contribution in [0.2, 0.25) is 0 Å². The third-order valence-corrected chi connectivity index (χ3v) is 4.35. The van der Waals surface area contributed by atoms with Gasteiger partial charge in [-0.2, -0.15) is 0 Å². The largest absolute Gasteiger partial charge is 0.466 e. The number of thiocarbonyl (C=S) groups is 1. The Balaban J connectivity index is 2.52. The number of nitrogens with one attached hydrogen (secondary N) is 1. The van der Waals surface area contributed by atoms with Gasteiger partial charge in [0.2, 0.25) is 0 Å². The molecule has 1 heterocycles. The molecule has 1 atom stereocenters. The van der Waals surface area contributed by atoms with Crippen molar-refractivity contribution < 1.29 is 18.3 Å². The summed E-state index contributed by atoms with van der Waals surface area (Å²) in [6.07, 6.45) is 1.86. The molecule has 7 heteroatoms. The van der Waals surface area contributed by atoms with E-state index >= 15 is 0 Å². The number of carbonyl (C=O) groups is 1. The number of ether oxygens (including phenoxy) is 1. The van der Waals surface area contributed by atoms with E-state index in [1.54, 1.807) is 6.92 Å². The van der Waals surface area contributed by atoms with E-state index in [2.05, 4.69) is 12.2 Å². The van der Waals surface area contributed by atoms with E-state index in [0.29, 0.717) is 17.4 Å². The third-order valence-electron chi connectivity index (χ3n) is 4.01. The molecule has 0 spiro atoms. The van der Waals surface area contributed by atoms with Crippen LogP contribution in [0.3, 0.4) is 0 Å². The number of nitrogens with zero attached hydrogens (tertiary/aromatic N) is 1. The second-order valence-corrected chi connectivity index (χ2v) is 5.93. The number of unbranched alkanes of at least 4 members (excludes halogenated alkanes) is 1. The van der Waals surface area contributed by atoms with E-state index in [0.717, 1.165) is 25.0 Å². The van der Waals surface area contributed by atoms with Crippen molar-refractivity contribution in [1.29, 1.82) is 0 Å². The Morgan fingerprint density at radius 2 is 2.12 bits per heavy atom. The van der Waals surface area contributed by atoms with Gasteiger partial charge in [0.15, 0.2) is 5.11 Å². The molecule has 0 saturated carbocycles. The highest BCUT2D eigenvalue weighted by atomic mass is 32.1. The molecule has 24 heavy (non-hydrogen) atoms. The van der Waals surface area contributed by atoms with Crippen molar-refractivity contribution >= 4 is 23.3 Å². The summed E-state index contributed by atoms with van der Waals surface area (Å²) in [4.78, 5) is 14.1. The van der Waals surface area contributed by atoms with Crippen molar-refractivity contribution in [2.24, 2.45) is 0 Å². The average Bonchev–Trinajstić information content (AvgIpc) is 2.53. The van der Waals surface area contributed by atoms with E-state index in [1.807, 2.05) is 4.90 Å². The maximum atomic E-state index is 14.2. The number of benzene rings is 1. The van der Waals surface area contributed by atoms with E-state index in [4.69, 9.17) is 17.0 Å². The van der Waals surface area contributed by atoms with Crippen LogP contribution in [-0.4, -0.2) is 29.6 Å². The number of halogens is 2. The monoisotopic (exact) mass is 354 g/mol. The Morgan fingerprint density at radius 1 is 1.42 bits per heavy atom. The third kappa shape index (κ3) is 3.56. The molecule has 4 nitrogen and oxygen atoms in total. The molecule has 1 aromatic rings. The maximum Gasteiger partial charge on any atom is 0.337 e. The number of rotatable bonds is 5. The highest BCUT2D eigenvalue weighted by molar-refractivity contribution is 7.80. The number of hydrogen-bond donors (Lipinski definition) is 1. The first kappa shape index (κ1) is 18.3. The van der Waals surface area contributed by atoms with Crippen LogP contribution in [0.15, 0.2) is 29.5 Å². The fraction of sp³-hybridized carbons (Fsp3) is 0.412. The second kappa shape index (κ2) is 7.70. The molecule has 0 amide bonds. The summed E-state index contributed by atoms with van der Waals surface area (Å²) in [6, 6.07) is 2.43. The Labute approximate surface area is 145 Å². The van der Waals surface area contributed by atoms with Gasteiger partial charge >= 0.3 is 5.97 Å². The molecule has 1 N–H and O–H groups in total. The van der Waals surface area contributed by atoms with E-state index in [-0.39, 0.29) is 11.1 Å². The van der Waals surface area contributed by atoms with E-state index < -0.39 is 23.6 Å². The van der Waals surface area contributed by atoms with Gasteiger partial charge in [-0.05, 0) is 31.6 Å². The molecule has 1 aromatic carbocycles. The van der Waals surface area contributed by atoms with Gasteiger partial charge in [-0.25, -0.2) is 13.6 Å². The summed E-state index contributed by atoms with van der Waals surface area (Å²) >= 11 is 5.37. The standard InChI is InChI=1S/C17H20F2N2O2S/c1-4-5-8-21-10(2)14(16(22)23-3)15(20-17(21)24)12-7-6-11(18)9-13(12)19/h6-7,9,15H,4-5,8H2,1-3H3,(H,20,24). The zero-order chi connectivity index (χ0) is 17.9. The van der Waals surface area contributed by atoms with Crippen molar-refractivity contribution in [2.45, 2.75) is 32.7 Å². The van der Waals surface area contributed by atoms with Gasteiger partial charge < -0.3 is 15.0 Å². The molecular formula is C17H20F2N2O2S. The molecule has 1 unspecified atom stereocenters. The predicted molar refractivity (Wildman–Crippen MR) is 91.2 cm³/mol. The molecule has 2 rings (SSSR count). The normalized spacial score (nSPS) is 17.8. The van der Waals surface area contributed by atoms with Gasteiger partial charge in [0, 0.05) is 23.9 Å². The lowest BCUT2D eigenvalue weighted by atomic mass is 9.94. The molecule has 0 aromatic heterocycles. The zero-order valence-electron chi connectivity index (χ0n) is 13.9. The Kier molecular flexibility index (Phi) is 5.88. The van der Waals surface area contributed by atoms with Crippen LogP contribution < -0.4 is 5.32 Å². The maximum absolute atomic E-state index is 14.2. The fourth-order valence-corrected chi connectivity index (χ4v) is 3.06. The minimum atomic E-state index is -0.816. The highest BCUT2D eigenvalue weighted by Crippen LogP contribution is 2.33. The minimum absolute atomic E-state index is 0.147. The van der Waals surface area contributed by atoms with Gasteiger partial charge in [0.05, 0.1) is 18.7 Å².